The number of hydrogen-bond acceptors (Lipinski definition) is 3. The van der Waals surface area contributed by atoms with E-state index in [1.165, 1.54) is 17.7 Å². The summed E-state index contributed by atoms with van der Waals surface area (Å²) in [7, 11) is -3.45. The number of carbonyl (C=O) groups excluding carboxylic acids is 1. The highest BCUT2D eigenvalue weighted by Gasteiger charge is 2.18. The van der Waals surface area contributed by atoms with Gasteiger partial charge in [0.25, 0.3) is 5.91 Å². The van der Waals surface area contributed by atoms with Gasteiger partial charge < -0.3 is 5.32 Å². The van der Waals surface area contributed by atoms with Crippen molar-refractivity contribution in [2.24, 2.45) is 0 Å². The molecule has 0 fully saturated rings. The van der Waals surface area contributed by atoms with E-state index < -0.39 is 15.7 Å². The van der Waals surface area contributed by atoms with Crippen molar-refractivity contribution in [3.05, 3.63) is 59.7 Å². The fourth-order valence-electron chi connectivity index (χ4n) is 2.31. The third kappa shape index (κ3) is 4.20. The largest absolute Gasteiger partial charge is 0.322 e. The summed E-state index contributed by atoms with van der Waals surface area (Å²) in [6, 6.07) is 13.8. The molecule has 1 amide bonds. The third-order valence-electron chi connectivity index (χ3n) is 3.88. The molecule has 1 atom stereocenters. The van der Waals surface area contributed by atoms with Crippen LogP contribution in [0.25, 0.3) is 0 Å². The Balaban J connectivity index is 2.23. The van der Waals surface area contributed by atoms with Crippen molar-refractivity contribution in [1.82, 2.24) is 0 Å². The number of benzene rings is 2. The molecule has 0 bridgehead atoms. The summed E-state index contributed by atoms with van der Waals surface area (Å²) in [5.74, 6) is 0.0352. The highest BCUT2D eigenvalue weighted by Crippen LogP contribution is 2.22. The second-order valence-corrected chi connectivity index (χ2v) is 7.64. The smallest absolute Gasteiger partial charge is 0.256 e. The Morgan fingerprint density at radius 3 is 2.26 bits per heavy atom. The predicted molar refractivity (Wildman–Crippen MR) is 92.7 cm³/mol. The lowest BCUT2D eigenvalue weighted by atomic mass is 9.98. The lowest BCUT2D eigenvalue weighted by molar-refractivity contribution is 0.102. The van der Waals surface area contributed by atoms with E-state index in [0.717, 1.165) is 12.7 Å². The molecule has 0 aliphatic heterocycles. The summed E-state index contributed by atoms with van der Waals surface area (Å²) >= 11 is 0. The molecule has 4 nitrogen and oxygen atoms in total. The molecule has 0 radical (unpaired) electrons. The molecule has 0 saturated carbocycles. The fraction of sp³-hybridized carbons (Fsp3) is 0.278. The van der Waals surface area contributed by atoms with E-state index >= 15 is 0 Å². The predicted octanol–water partition coefficient (Wildman–Crippen LogP) is 3.86. The summed E-state index contributed by atoms with van der Waals surface area (Å²) in [4.78, 5) is 12.4. The number of rotatable bonds is 5. The van der Waals surface area contributed by atoms with Gasteiger partial charge in [-0.3, -0.25) is 4.79 Å². The molecule has 1 unspecified atom stereocenters. The van der Waals surface area contributed by atoms with Gasteiger partial charge in [-0.1, -0.05) is 38.1 Å². The maximum absolute atomic E-state index is 12.4. The lowest BCUT2D eigenvalue weighted by Gasteiger charge is -2.11. The van der Waals surface area contributed by atoms with Gasteiger partial charge in [-0.2, -0.15) is 0 Å². The second kappa shape index (κ2) is 6.96. The topological polar surface area (TPSA) is 63.2 Å². The van der Waals surface area contributed by atoms with Gasteiger partial charge in [0, 0.05) is 11.9 Å². The first-order valence-electron chi connectivity index (χ1n) is 7.53. The number of amides is 1. The highest BCUT2D eigenvalue weighted by molar-refractivity contribution is 7.90. The molecule has 0 aromatic heterocycles. The van der Waals surface area contributed by atoms with E-state index in [-0.39, 0.29) is 10.5 Å². The van der Waals surface area contributed by atoms with Crippen molar-refractivity contribution in [2.45, 2.75) is 31.1 Å². The van der Waals surface area contributed by atoms with Crippen LogP contribution in [0.5, 0.6) is 0 Å². The van der Waals surface area contributed by atoms with Gasteiger partial charge in [-0.15, -0.1) is 0 Å². The van der Waals surface area contributed by atoms with E-state index in [1.54, 1.807) is 12.1 Å². The van der Waals surface area contributed by atoms with Crippen LogP contribution < -0.4 is 5.32 Å². The number of sulfone groups is 1. The fourth-order valence-corrected chi connectivity index (χ4v) is 3.19. The summed E-state index contributed by atoms with van der Waals surface area (Å²) in [6.45, 7) is 4.28. The first-order chi connectivity index (χ1) is 10.8. The minimum Gasteiger partial charge on any atom is -0.322 e. The Hall–Kier alpha value is -2.14. The number of hydrogen-bond donors (Lipinski definition) is 1. The molecule has 23 heavy (non-hydrogen) atoms. The Morgan fingerprint density at radius 1 is 1.09 bits per heavy atom. The van der Waals surface area contributed by atoms with Gasteiger partial charge >= 0.3 is 0 Å². The van der Waals surface area contributed by atoms with Crippen molar-refractivity contribution in [3.8, 4) is 0 Å². The lowest BCUT2D eigenvalue weighted by Crippen LogP contribution is -2.16. The van der Waals surface area contributed by atoms with Gasteiger partial charge in [0.1, 0.15) is 0 Å². The van der Waals surface area contributed by atoms with Crippen LogP contribution >= 0.6 is 0 Å². The summed E-state index contributed by atoms with van der Waals surface area (Å²) in [6.07, 6.45) is 2.15. The molecule has 2 aromatic carbocycles. The minimum atomic E-state index is -3.45. The Kier molecular flexibility index (Phi) is 5.21. The first-order valence-corrected chi connectivity index (χ1v) is 9.42. The molecule has 0 heterocycles. The van der Waals surface area contributed by atoms with E-state index in [4.69, 9.17) is 0 Å². The van der Waals surface area contributed by atoms with E-state index in [0.29, 0.717) is 11.6 Å². The number of anilines is 1. The van der Waals surface area contributed by atoms with Crippen LogP contribution in [0.1, 0.15) is 42.1 Å². The van der Waals surface area contributed by atoms with E-state index in [9.17, 15) is 13.2 Å². The Labute approximate surface area is 137 Å². The highest BCUT2D eigenvalue weighted by atomic mass is 32.2. The van der Waals surface area contributed by atoms with Crippen LogP contribution in [0.2, 0.25) is 0 Å². The molecule has 0 aliphatic carbocycles. The monoisotopic (exact) mass is 331 g/mol. The van der Waals surface area contributed by atoms with Gasteiger partial charge in [0.15, 0.2) is 9.84 Å². The average molecular weight is 331 g/mol. The van der Waals surface area contributed by atoms with Crippen molar-refractivity contribution in [2.75, 3.05) is 11.6 Å². The van der Waals surface area contributed by atoms with Crippen molar-refractivity contribution >= 4 is 21.4 Å². The van der Waals surface area contributed by atoms with Crippen LogP contribution in [0, 0.1) is 0 Å². The number of carbonyl (C=O) groups is 1. The zero-order valence-corrected chi connectivity index (χ0v) is 14.4. The maximum atomic E-state index is 12.4. The Bertz CT molecular complexity index is 795. The molecule has 5 heteroatoms. The number of nitrogens with one attached hydrogen (secondary N) is 1. The molecular weight excluding hydrogens is 310 g/mol. The minimum absolute atomic E-state index is 0.0359. The molecular formula is C18H21NO3S. The summed E-state index contributed by atoms with van der Waals surface area (Å²) in [5.41, 5.74) is 2.01. The third-order valence-corrected chi connectivity index (χ3v) is 5.04. The molecule has 0 aliphatic rings. The second-order valence-electron chi connectivity index (χ2n) is 5.65. The van der Waals surface area contributed by atoms with E-state index in [1.807, 2.05) is 24.3 Å². The molecule has 0 saturated heterocycles. The summed E-state index contributed by atoms with van der Waals surface area (Å²) < 4.78 is 23.6. The zero-order chi connectivity index (χ0) is 17.0. The molecule has 2 aromatic rings. The molecule has 122 valence electrons. The molecule has 0 spiro atoms. The van der Waals surface area contributed by atoms with Crippen molar-refractivity contribution < 1.29 is 13.2 Å². The van der Waals surface area contributed by atoms with Crippen LogP contribution in [0.4, 0.5) is 5.69 Å². The van der Waals surface area contributed by atoms with E-state index in [2.05, 4.69) is 19.2 Å². The molecule has 2 rings (SSSR count). The van der Waals surface area contributed by atoms with Gasteiger partial charge in [-0.05, 0) is 42.2 Å². The molecule has 1 N–H and O–H groups in total. The van der Waals surface area contributed by atoms with Crippen LogP contribution in [-0.4, -0.2) is 20.6 Å². The quantitative estimate of drug-likeness (QED) is 0.905. The van der Waals surface area contributed by atoms with Crippen molar-refractivity contribution in [3.63, 3.8) is 0 Å². The van der Waals surface area contributed by atoms with Gasteiger partial charge in [0.05, 0.1) is 10.5 Å². The zero-order valence-electron chi connectivity index (χ0n) is 13.5. The van der Waals surface area contributed by atoms with Gasteiger partial charge in [-0.25, -0.2) is 8.42 Å². The van der Waals surface area contributed by atoms with Crippen LogP contribution in [-0.2, 0) is 9.84 Å². The normalized spacial score (nSPS) is 12.7. The van der Waals surface area contributed by atoms with Crippen molar-refractivity contribution in [1.29, 1.82) is 0 Å². The standard InChI is InChI=1S/C18H21NO3S/c1-4-13(2)14-9-11-15(12-10-14)19-18(20)16-7-5-6-8-17(16)23(3,21)22/h5-13H,4H2,1-3H3,(H,19,20). The van der Waals surface area contributed by atoms with Crippen LogP contribution in [0.15, 0.2) is 53.4 Å². The summed E-state index contributed by atoms with van der Waals surface area (Å²) in [5, 5.41) is 2.75. The van der Waals surface area contributed by atoms with Crippen LogP contribution in [0.3, 0.4) is 0 Å². The first kappa shape index (κ1) is 17.2. The SMILES string of the molecule is CCC(C)c1ccc(NC(=O)c2ccccc2S(C)(=O)=O)cc1. The van der Waals surface area contributed by atoms with Gasteiger partial charge in [0.2, 0.25) is 0 Å². The maximum Gasteiger partial charge on any atom is 0.256 e. The Morgan fingerprint density at radius 2 is 1.70 bits per heavy atom. The average Bonchev–Trinajstić information content (AvgIpc) is 2.54.